The van der Waals surface area contributed by atoms with Gasteiger partial charge in [-0.05, 0) is 42.8 Å². The lowest BCUT2D eigenvalue weighted by molar-refractivity contribution is 0.411. The Labute approximate surface area is 154 Å². The summed E-state index contributed by atoms with van der Waals surface area (Å²) in [5.74, 6) is 0.0751. The first-order valence-electron chi connectivity index (χ1n) is 8.10. The van der Waals surface area contributed by atoms with E-state index in [1.807, 2.05) is 36.6 Å². The van der Waals surface area contributed by atoms with E-state index in [0.29, 0.717) is 16.3 Å². The molecule has 0 bridgehead atoms. The van der Waals surface area contributed by atoms with Crippen LogP contribution < -0.4 is 4.90 Å². The Morgan fingerprint density at radius 3 is 2.62 bits per heavy atom. The van der Waals surface area contributed by atoms with Gasteiger partial charge in [0.15, 0.2) is 0 Å². The van der Waals surface area contributed by atoms with Gasteiger partial charge in [-0.25, -0.2) is 9.37 Å². The van der Waals surface area contributed by atoms with E-state index in [1.54, 1.807) is 17.0 Å². The highest BCUT2D eigenvalue weighted by Crippen LogP contribution is 2.35. The molecule has 3 aromatic rings. The number of nitrogens with one attached hydrogen (secondary N) is 1. The van der Waals surface area contributed by atoms with E-state index in [9.17, 15) is 9.50 Å². The lowest BCUT2D eigenvalue weighted by Gasteiger charge is -2.20. The number of thiazole rings is 1. The second-order valence-corrected chi connectivity index (χ2v) is 6.95. The number of nitrogens with zero attached hydrogens (tertiary/aromatic N) is 2. The largest absolute Gasteiger partial charge is 0.510 e. The van der Waals surface area contributed by atoms with Crippen molar-refractivity contribution in [3.8, 4) is 11.3 Å². The van der Waals surface area contributed by atoms with E-state index in [-0.39, 0.29) is 24.0 Å². The summed E-state index contributed by atoms with van der Waals surface area (Å²) in [4.78, 5) is 6.33. The summed E-state index contributed by atoms with van der Waals surface area (Å²) < 4.78 is 13.1. The minimum absolute atomic E-state index is 0.137. The zero-order valence-corrected chi connectivity index (χ0v) is 14.8. The van der Waals surface area contributed by atoms with Gasteiger partial charge in [-0.1, -0.05) is 18.2 Å². The molecule has 26 heavy (non-hydrogen) atoms. The van der Waals surface area contributed by atoms with Crippen LogP contribution in [-0.4, -0.2) is 22.5 Å². The van der Waals surface area contributed by atoms with Crippen molar-refractivity contribution in [2.24, 2.45) is 0 Å². The SMILES string of the molecule is Cc1ccccc1N1CC(O)=C(c2nc(-c3ccc(F)cc3)cs2)C1=N. The molecule has 1 aliphatic rings. The number of aromatic nitrogens is 1. The molecular weight excluding hydrogens is 349 g/mol. The molecule has 0 saturated heterocycles. The zero-order chi connectivity index (χ0) is 18.3. The fraction of sp³-hybridized carbons (Fsp3) is 0.100. The van der Waals surface area contributed by atoms with Gasteiger partial charge in [0.2, 0.25) is 0 Å². The fourth-order valence-corrected chi connectivity index (χ4v) is 3.91. The van der Waals surface area contributed by atoms with Gasteiger partial charge in [0.25, 0.3) is 0 Å². The maximum absolute atomic E-state index is 13.1. The van der Waals surface area contributed by atoms with Gasteiger partial charge in [-0.3, -0.25) is 5.41 Å². The smallest absolute Gasteiger partial charge is 0.139 e. The van der Waals surface area contributed by atoms with Crippen molar-refractivity contribution in [3.63, 3.8) is 0 Å². The maximum atomic E-state index is 13.1. The van der Waals surface area contributed by atoms with Crippen molar-refractivity contribution in [2.45, 2.75) is 6.92 Å². The van der Waals surface area contributed by atoms with Gasteiger partial charge in [0, 0.05) is 16.6 Å². The Bertz CT molecular complexity index is 1020. The summed E-state index contributed by atoms with van der Waals surface area (Å²) in [6, 6.07) is 13.9. The number of anilines is 1. The van der Waals surface area contributed by atoms with E-state index in [2.05, 4.69) is 4.98 Å². The molecule has 0 aliphatic carbocycles. The standard InChI is InChI=1S/C20H16FN3OS/c1-12-4-2-3-5-16(12)24-10-17(25)18(19(24)22)20-23-15(11-26-20)13-6-8-14(21)9-7-13/h2-9,11,22,25H,10H2,1H3. The molecule has 4 rings (SSSR count). The minimum atomic E-state index is -0.295. The fourth-order valence-electron chi connectivity index (χ4n) is 3.02. The average Bonchev–Trinajstić information content (AvgIpc) is 3.21. The molecule has 1 aromatic heterocycles. The number of hydrogen-bond donors (Lipinski definition) is 2. The predicted octanol–water partition coefficient (Wildman–Crippen LogP) is 5.02. The first-order valence-corrected chi connectivity index (χ1v) is 8.98. The van der Waals surface area contributed by atoms with Crippen LogP contribution in [0.4, 0.5) is 10.1 Å². The molecule has 6 heteroatoms. The number of amidine groups is 1. The summed E-state index contributed by atoms with van der Waals surface area (Å²) in [7, 11) is 0. The quantitative estimate of drug-likeness (QED) is 0.685. The average molecular weight is 365 g/mol. The van der Waals surface area contributed by atoms with Crippen molar-refractivity contribution >= 4 is 28.4 Å². The number of para-hydroxylation sites is 1. The number of aliphatic hydroxyl groups excluding tert-OH is 1. The summed E-state index contributed by atoms with van der Waals surface area (Å²) in [5.41, 5.74) is 3.89. The number of halogens is 1. The Kier molecular flexibility index (Phi) is 4.05. The number of hydrogen-bond acceptors (Lipinski definition) is 4. The highest BCUT2D eigenvalue weighted by molar-refractivity contribution is 7.11. The molecule has 4 nitrogen and oxygen atoms in total. The molecule has 0 fully saturated rings. The zero-order valence-electron chi connectivity index (χ0n) is 14.0. The predicted molar refractivity (Wildman–Crippen MR) is 103 cm³/mol. The van der Waals surface area contributed by atoms with Crippen LogP contribution in [0.25, 0.3) is 16.8 Å². The molecule has 2 N–H and O–H groups in total. The molecule has 0 unspecified atom stereocenters. The van der Waals surface area contributed by atoms with Crippen molar-refractivity contribution in [1.29, 1.82) is 5.41 Å². The topological polar surface area (TPSA) is 60.2 Å². The molecular formula is C20H16FN3OS. The van der Waals surface area contributed by atoms with Gasteiger partial charge in [-0.15, -0.1) is 11.3 Å². The van der Waals surface area contributed by atoms with Gasteiger partial charge >= 0.3 is 0 Å². The normalized spacial score (nSPS) is 14.4. The van der Waals surface area contributed by atoms with Gasteiger partial charge in [-0.2, -0.15) is 0 Å². The summed E-state index contributed by atoms with van der Waals surface area (Å²) in [6.45, 7) is 2.23. The van der Waals surface area contributed by atoms with Crippen molar-refractivity contribution in [1.82, 2.24) is 4.98 Å². The highest BCUT2D eigenvalue weighted by Gasteiger charge is 2.31. The number of benzene rings is 2. The van der Waals surface area contributed by atoms with E-state index >= 15 is 0 Å². The minimum Gasteiger partial charge on any atom is -0.510 e. The number of aliphatic hydroxyl groups is 1. The molecule has 130 valence electrons. The van der Waals surface area contributed by atoms with Crippen molar-refractivity contribution in [2.75, 3.05) is 11.4 Å². The highest BCUT2D eigenvalue weighted by atomic mass is 32.1. The monoisotopic (exact) mass is 365 g/mol. The van der Waals surface area contributed by atoms with E-state index in [4.69, 9.17) is 5.41 Å². The molecule has 2 aromatic carbocycles. The lowest BCUT2D eigenvalue weighted by Crippen LogP contribution is -2.26. The molecule has 0 spiro atoms. The van der Waals surface area contributed by atoms with E-state index in [0.717, 1.165) is 16.8 Å². The molecule has 0 atom stereocenters. The first-order chi connectivity index (χ1) is 12.5. The molecule has 0 saturated carbocycles. The molecule has 2 heterocycles. The third-order valence-electron chi connectivity index (χ3n) is 4.37. The Morgan fingerprint density at radius 1 is 1.15 bits per heavy atom. The van der Waals surface area contributed by atoms with Crippen LogP contribution in [-0.2, 0) is 0 Å². The van der Waals surface area contributed by atoms with Crippen LogP contribution in [0.5, 0.6) is 0 Å². The van der Waals surface area contributed by atoms with Crippen molar-refractivity contribution < 1.29 is 9.50 Å². The van der Waals surface area contributed by atoms with Crippen LogP contribution in [0.2, 0.25) is 0 Å². The van der Waals surface area contributed by atoms with Gasteiger partial charge in [0.05, 0.1) is 17.8 Å². The Hall–Kier alpha value is -2.99. The van der Waals surface area contributed by atoms with Crippen LogP contribution in [0.15, 0.2) is 59.7 Å². The summed E-state index contributed by atoms with van der Waals surface area (Å²) >= 11 is 1.36. The Morgan fingerprint density at radius 2 is 1.88 bits per heavy atom. The van der Waals surface area contributed by atoms with Crippen molar-refractivity contribution in [3.05, 3.63) is 76.1 Å². The maximum Gasteiger partial charge on any atom is 0.139 e. The van der Waals surface area contributed by atoms with E-state index in [1.165, 1.54) is 23.5 Å². The van der Waals surface area contributed by atoms with Gasteiger partial charge < -0.3 is 10.0 Å². The van der Waals surface area contributed by atoms with Crippen LogP contribution in [0.1, 0.15) is 10.6 Å². The second-order valence-electron chi connectivity index (χ2n) is 6.09. The number of aryl methyl sites for hydroxylation is 1. The van der Waals surface area contributed by atoms with Crippen LogP contribution in [0, 0.1) is 18.2 Å². The van der Waals surface area contributed by atoms with Gasteiger partial charge in [0.1, 0.15) is 22.4 Å². The molecule has 1 aliphatic heterocycles. The Balaban J connectivity index is 1.66. The molecule has 0 radical (unpaired) electrons. The summed E-state index contributed by atoms with van der Waals surface area (Å²) in [6.07, 6.45) is 0. The second kappa shape index (κ2) is 6.38. The third-order valence-corrected chi connectivity index (χ3v) is 5.23. The molecule has 0 amide bonds. The van der Waals surface area contributed by atoms with E-state index < -0.39 is 0 Å². The number of rotatable bonds is 3. The van der Waals surface area contributed by atoms with Crippen LogP contribution in [0.3, 0.4) is 0 Å². The summed E-state index contributed by atoms with van der Waals surface area (Å²) in [5, 5.41) is 21.4. The van der Waals surface area contributed by atoms with Crippen LogP contribution >= 0.6 is 11.3 Å². The first kappa shape index (κ1) is 16.5. The lowest BCUT2D eigenvalue weighted by atomic mass is 10.1. The third kappa shape index (κ3) is 2.78.